The van der Waals surface area contributed by atoms with E-state index in [1.807, 2.05) is 6.55 Å². The summed E-state index contributed by atoms with van der Waals surface area (Å²) in [4.78, 5) is 13.5. The number of rotatable bonds is 9. The lowest BCUT2D eigenvalue weighted by Crippen LogP contribution is -2.40. The van der Waals surface area contributed by atoms with Gasteiger partial charge in [-0.3, -0.25) is 0 Å². The molecule has 0 amide bonds. The van der Waals surface area contributed by atoms with Crippen molar-refractivity contribution in [3.8, 4) is 0 Å². The van der Waals surface area contributed by atoms with E-state index in [4.69, 9.17) is 8.85 Å². The fraction of sp³-hybridized carbons (Fsp3) is 0.900. The maximum Gasteiger partial charge on any atom is 0.336 e. The fourth-order valence-electron chi connectivity index (χ4n) is 1.13. The van der Waals surface area contributed by atoms with E-state index in [0.717, 1.165) is 32.1 Å². The normalized spacial score (nSPS) is 11.1. The van der Waals surface area contributed by atoms with Gasteiger partial charge in [-0.25, -0.2) is 9.79 Å². The van der Waals surface area contributed by atoms with Crippen molar-refractivity contribution in [1.82, 2.24) is 0 Å². The molecule has 0 saturated heterocycles. The molecule has 0 aromatic heterocycles. The summed E-state index contributed by atoms with van der Waals surface area (Å²) in [5.74, 6) is 0. The van der Waals surface area contributed by atoms with Gasteiger partial charge in [0.1, 0.15) is 0 Å². The number of aliphatic imine (C=N–C) groups is 1. The summed E-state index contributed by atoms with van der Waals surface area (Å²) >= 11 is 0. The average molecular weight is 231 g/mol. The minimum atomic E-state index is -2.10. The molecule has 0 rings (SSSR count). The molecule has 0 unspecified atom stereocenters. The van der Waals surface area contributed by atoms with Crippen LogP contribution in [0.5, 0.6) is 0 Å². The molecule has 0 aliphatic heterocycles. The van der Waals surface area contributed by atoms with Crippen LogP contribution in [0.3, 0.4) is 0 Å². The molecular weight excluding hydrogens is 210 g/mol. The Morgan fingerprint density at radius 2 is 1.73 bits per heavy atom. The lowest BCUT2D eigenvalue weighted by molar-refractivity contribution is 0.174. The highest BCUT2D eigenvalue weighted by atomic mass is 28.4. The molecule has 0 bridgehead atoms. The highest BCUT2D eigenvalue weighted by Gasteiger charge is 2.30. The minimum Gasteiger partial charge on any atom is -0.394 e. The predicted octanol–water partition coefficient (Wildman–Crippen LogP) is 2.25. The van der Waals surface area contributed by atoms with Crippen molar-refractivity contribution in [3.63, 3.8) is 0 Å². The Kier molecular flexibility index (Phi) is 8.51. The van der Waals surface area contributed by atoms with Crippen LogP contribution < -0.4 is 0 Å². The molecule has 0 atom stereocenters. The Hall–Kier alpha value is -0.483. The van der Waals surface area contributed by atoms with Crippen LogP contribution in [0.15, 0.2) is 4.99 Å². The van der Waals surface area contributed by atoms with Crippen molar-refractivity contribution in [2.45, 2.75) is 39.3 Å². The van der Waals surface area contributed by atoms with Gasteiger partial charge in [-0.2, -0.15) is 0 Å². The third kappa shape index (κ3) is 7.45. The topological polar surface area (TPSA) is 47.9 Å². The lowest BCUT2D eigenvalue weighted by Gasteiger charge is -2.26. The fourth-order valence-corrected chi connectivity index (χ4v) is 3.29. The van der Waals surface area contributed by atoms with E-state index in [2.05, 4.69) is 18.8 Å². The van der Waals surface area contributed by atoms with Crippen molar-refractivity contribution in [2.24, 2.45) is 4.99 Å². The molecule has 0 aliphatic carbocycles. The third-order valence-corrected chi connectivity index (χ3v) is 4.73. The second-order valence-electron chi connectivity index (χ2n) is 3.55. The van der Waals surface area contributed by atoms with Gasteiger partial charge in [0, 0.05) is 19.3 Å². The van der Waals surface area contributed by atoms with Crippen molar-refractivity contribution in [3.05, 3.63) is 0 Å². The van der Waals surface area contributed by atoms with Gasteiger partial charge in [-0.1, -0.05) is 13.8 Å². The summed E-state index contributed by atoms with van der Waals surface area (Å²) in [6.45, 7) is 8.06. The number of isocyanates is 1. The van der Waals surface area contributed by atoms with Crippen LogP contribution >= 0.6 is 0 Å². The van der Waals surface area contributed by atoms with E-state index >= 15 is 0 Å². The molecule has 5 heteroatoms. The first-order valence-electron chi connectivity index (χ1n) is 5.50. The Balaban J connectivity index is 4.05. The third-order valence-electron chi connectivity index (χ3n) is 1.97. The van der Waals surface area contributed by atoms with E-state index in [1.165, 1.54) is 6.08 Å². The summed E-state index contributed by atoms with van der Waals surface area (Å²) in [7, 11) is -2.10. The Morgan fingerprint density at radius 1 is 1.20 bits per heavy atom. The minimum absolute atomic E-state index is 0.458. The molecule has 0 aromatic rings. The van der Waals surface area contributed by atoms with Crippen molar-refractivity contribution in [2.75, 3.05) is 19.8 Å². The molecular formula is C10H21NO3Si. The monoisotopic (exact) mass is 231 g/mol. The lowest BCUT2D eigenvalue weighted by atomic mass is 10.5. The van der Waals surface area contributed by atoms with Crippen LogP contribution in [-0.2, 0) is 13.6 Å². The molecule has 0 aromatic carbocycles. The van der Waals surface area contributed by atoms with Crippen molar-refractivity contribution < 1.29 is 13.6 Å². The van der Waals surface area contributed by atoms with E-state index in [0.29, 0.717) is 6.54 Å². The number of hydrogen-bond donors (Lipinski definition) is 0. The van der Waals surface area contributed by atoms with E-state index in [9.17, 15) is 4.79 Å². The molecule has 0 heterocycles. The highest BCUT2D eigenvalue weighted by Crippen LogP contribution is 2.14. The quantitative estimate of drug-likeness (QED) is 0.347. The van der Waals surface area contributed by atoms with Gasteiger partial charge in [0.15, 0.2) is 0 Å². The largest absolute Gasteiger partial charge is 0.394 e. The van der Waals surface area contributed by atoms with Gasteiger partial charge in [0.05, 0.1) is 6.54 Å². The summed E-state index contributed by atoms with van der Waals surface area (Å²) in [6, 6.07) is 0.724. The van der Waals surface area contributed by atoms with E-state index in [-0.39, 0.29) is 0 Å². The number of hydrogen-bond acceptors (Lipinski definition) is 4. The zero-order valence-corrected chi connectivity index (χ0v) is 10.9. The first-order chi connectivity index (χ1) is 7.18. The smallest absolute Gasteiger partial charge is 0.336 e. The SMILES string of the molecule is CCCO[Si](C)(CCN=C=O)OCCC. The average Bonchev–Trinajstić information content (AvgIpc) is 2.24. The molecule has 0 fully saturated rings. The van der Waals surface area contributed by atoms with Gasteiger partial charge in [-0.15, -0.1) is 0 Å². The van der Waals surface area contributed by atoms with Crippen LogP contribution in [0.25, 0.3) is 0 Å². The summed E-state index contributed by atoms with van der Waals surface area (Å²) in [6.07, 6.45) is 3.50. The summed E-state index contributed by atoms with van der Waals surface area (Å²) in [5.41, 5.74) is 0. The molecule has 0 aliphatic rings. The highest BCUT2D eigenvalue weighted by molar-refractivity contribution is 6.66. The van der Waals surface area contributed by atoms with Crippen LogP contribution in [0.4, 0.5) is 0 Å². The van der Waals surface area contributed by atoms with Gasteiger partial charge >= 0.3 is 8.56 Å². The molecule has 0 radical (unpaired) electrons. The van der Waals surface area contributed by atoms with Crippen molar-refractivity contribution in [1.29, 1.82) is 0 Å². The maximum absolute atomic E-state index is 9.96. The molecule has 0 saturated carbocycles. The van der Waals surface area contributed by atoms with E-state index in [1.54, 1.807) is 0 Å². The molecule has 88 valence electrons. The molecule has 0 spiro atoms. The Morgan fingerprint density at radius 3 is 2.13 bits per heavy atom. The predicted molar refractivity (Wildman–Crippen MR) is 61.9 cm³/mol. The van der Waals surface area contributed by atoms with Gasteiger partial charge in [-0.05, 0) is 19.4 Å². The van der Waals surface area contributed by atoms with Crippen molar-refractivity contribution >= 4 is 14.6 Å². The molecule has 15 heavy (non-hydrogen) atoms. The summed E-state index contributed by atoms with van der Waals surface area (Å²) < 4.78 is 11.5. The summed E-state index contributed by atoms with van der Waals surface area (Å²) in [5, 5.41) is 0. The van der Waals surface area contributed by atoms with E-state index < -0.39 is 8.56 Å². The first-order valence-corrected chi connectivity index (χ1v) is 8.02. The first kappa shape index (κ1) is 14.5. The number of nitrogens with zero attached hydrogens (tertiary/aromatic N) is 1. The van der Waals surface area contributed by atoms with Crippen LogP contribution in [0.2, 0.25) is 12.6 Å². The standard InChI is InChI=1S/C10H21NO3Si/c1-4-7-13-15(3,14-8-5-2)9-6-11-10-12/h4-9H2,1-3H3. The second-order valence-corrected chi connectivity index (χ2v) is 6.90. The Labute approximate surface area is 92.9 Å². The Bertz CT molecular complexity index is 197. The number of carbonyl (C=O) groups excluding carboxylic acids is 1. The second kappa shape index (κ2) is 8.80. The van der Waals surface area contributed by atoms with Crippen LogP contribution in [0.1, 0.15) is 26.7 Å². The van der Waals surface area contributed by atoms with Crippen LogP contribution in [0, 0.1) is 0 Å². The van der Waals surface area contributed by atoms with Crippen LogP contribution in [-0.4, -0.2) is 34.4 Å². The molecule has 4 nitrogen and oxygen atoms in total. The zero-order chi connectivity index (χ0) is 11.6. The van der Waals surface area contributed by atoms with Gasteiger partial charge in [0.25, 0.3) is 0 Å². The maximum atomic E-state index is 9.96. The molecule has 0 N–H and O–H groups in total. The van der Waals surface area contributed by atoms with Gasteiger partial charge < -0.3 is 8.85 Å². The zero-order valence-electron chi connectivity index (χ0n) is 9.91. The van der Waals surface area contributed by atoms with Gasteiger partial charge in [0.2, 0.25) is 6.08 Å².